The van der Waals surface area contributed by atoms with Crippen LogP contribution in [-0.2, 0) is 19.2 Å². The van der Waals surface area contributed by atoms with Crippen LogP contribution in [0.15, 0.2) is 145 Å². The molecule has 17 nitrogen and oxygen atoms in total. The minimum absolute atomic E-state index is 0.0231. The second-order valence-electron chi connectivity index (χ2n) is 14.1. The third-order valence-electron chi connectivity index (χ3n) is 8.45. The molecule has 0 spiro atoms. The minimum Gasteiger partial charge on any atom is -0.481 e. The summed E-state index contributed by atoms with van der Waals surface area (Å²) >= 11 is 5.11. The van der Waals surface area contributed by atoms with Gasteiger partial charge in [-0.3, -0.25) is 19.2 Å². The molecule has 0 amide bonds. The predicted molar refractivity (Wildman–Crippen MR) is 262 cm³/mol. The van der Waals surface area contributed by atoms with Crippen molar-refractivity contribution in [2.24, 2.45) is 5.41 Å². The molecule has 0 aliphatic rings. The van der Waals surface area contributed by atoms with Gasteiger partial charge in [-0.15, -0.1) is 6.58 Å². The van der Waals surface area contributed by atoms with Crippen molar-refractivity contribution >= 4 is 86.1 Å². The summed E-state index contributed by atoms with van der Waals surface area (Å²) in [5, 5.41) is 51.1. The van der Waals surface area contributed by atoms with Gasteiger partial charge in [0.05, 0.1) is 22.1 Å². The molecule has 0 bridgehead atoms. The number of aromatic carboxylic acids is 4. The Morgan fingerprint density at radius 1 is 0.686 bits per heavy atom. The molecule has 70 heavy (non-hydrogen) atoms. The Balaban J connectivity index is 0.000000433. The summed E-state index contributed by atoms with van der Waals surface area (Å²) < 4.78 is 31.3. The fraction of sp³-hybridized carbons (Fsp3) is 0.122. The molecule has 0 aliphatic carbocycles. The molecule has 0 fully saturated rings. The van der Waals surface area contributed by atoms with Gasteiger partial charge in [-0.25, -0.2) is 32.9 Å². The number of hydrogen-bond acceptors (Lipinski definition) is 10. The van der Waals surface area contributed by atoms with Gasteiger partial charge in [-0.2, -0.15) is 0 Å². The van der Waals surface area contributed by atoms with Crippen molar-refractivity contribution in [3.63, 3.8) is 0 Å². The maximum atomic E-state index is 12.5. The van der Waals surface area contributed by atoms with E-state index >= 15 is 0 Å². The van der Waals surface area contributed by atoms with Gasteiger partial charge in [0.25, 0.3) is 0 Å². The van der Waals surface area contributed by atoms with Crippen LogP contribution >= 0.6 is 38.5 Å². The number of H-pyrrole nitrogens is 1. The van der Waals surface area contributed by atoms with Crippen molar-refractivity contribution in [3.8, 4) is 16.9 Å². The molecule has 0 saturated carbocycles. The molecule has 0 radical (unpaired) electrons. The molecule has 1 aromatic heterocycles. The van der Waals surface area contributed by atoms with Crippen molar-refractivity contribution in [1.29, 1.82) is 0 Å². The number of rotatable bonds is 11. The molecule has 6 rings (SSSR count). The third kappa shape index (κ3) is 22.3. The van der Waals surface area contributed by atoms with Crippen molar-refractivity contribution < 1.29 is 82.5 Å². The number of imidazole rings is 1. The summed E-state index contributed by atoms with van der Waals surface area (Å²) in [5.74, 6) is -8.63. The first-order chi connectivity index (χ1) is 32.7. The van der Waals surface area contributed by atoms with Crippen LogP contribution in [0.1, 0.15) is 80.9 Å². The Labute approximate surface area is 420 Å². The summed E-state index contributed by atoms with van der Waals surface area (Å²) in [6.45, 7) is 9.11. The van der Waals surface area contributed by atoms with Crippen molar-refractivity contribution in [2.75, 3.05) is 0 Å². The summed E-state index contributed by atoms with van der Waals surface area (Å²) in [6.07, 6.45) is 4.27. The lowest BCUT2D eigenvalue weighted by molar-refractivity contribution is -0.144. The molecular formula is C49H44BrF2IN2O15. The second kappa shape index (κ2) is 29.8. The quantitative estimate of drug-likeness (QED) is 0.0209. The number of ether oxygens (including phenoxy) is 1. The van der Waals surface area contributed by atoms with Crippen molar-refractivity contribution in [3.05, 3.63) is 188 Å². The largest absolute Gasteiger partial charge is 0.481 e. The molecule has 1 heterocycles. The Bertz CT molecular complexity index is 2720. The zero-order chi connectivity index (χ0) is 53.3. The number of nitrogens with one attached hydrogen (secondary N) is 1. The van der Waals surface area contributed by atoms with E-state index in [0.29, 0.717) is 21.3 Å². The zero-order valence-corrected chi connectivity index (χ0v) is 41.0. The monoisotopic (exact) mass is 1140 g/mol. The van der Waals surface area contributed by atoms with Crippen LogP contribution in [0.3, 0.4) is 0 Å². The van der Waals surface area contributed by atoms with E-state index in [1.807, 2.05) is 12.1 Å². The summed E-state index contributed by atoms with van der Waals surface area (Å²) in [4.78, 5) is 90.0. The lowest BCUT2D eigenvalue weighted by Crippen LogP contribution is -2.19. The second-order valence-corrected chi connectivity index (χ2v) is 16.2. The number of hydrogen-bond donors (Lipinski definition) is 7. The van der Waals surface area contributed by atoms with E-state index < -0.39 is 64.6 Å². The molecule has 7 N–H and O–H groups in total. The highest BCUT2D eigenvalue weighted by Gasteiger charge is 2.24. The zero-order valence-electron chi connectivity index (χ0n) is 37.3. The Hall–Kier alpha value is -7.92. The topological polar surface area (TPSA) is 296 Å². The standard InChI is InChI=1S/C15H12O4.C10H9FO3.C7H4BrFO2.C7H5IO2.C6H10O2.C4H4N2O2/c1-10(16)19-14-8-6-12(7-9-14)11-2-4-13(5-3-11)15(17)18;1-6(12)9(10(13)14)7-2-4-8(11)5-3-7;8-6-2-1-4(9)3-5(6)7(10)11;8-6-3-1-5(2-4-6)7(9)10;1-4-6(2,3)5(7)8;7-4(8)3-5-1-2-6-3/h2-9H,1H3,(H,17,18);2-5,9H,1H3,(H,13,14);1-3H,(H,10,11);1-4H,(H,9,10);4H,1H2,2-3H3,(H,7,8);1-2H,(H,5,6)(H,7,8). The van der Waals surface area contributed by atoms with E-state index in [0.717, 1.165) is 32.9 Å². The van der Waals surface area contributed by atoms with Gasteiger partial charge in [0.15, 0.2) is 0 Å². The van der Waals surface area contributed by atoms with E-state index in [2.05, 4.69) is 55.1 Å². The minimum atomic E-state index is -1.22. The normalized spacial score (nSPS) is 10.2. The molecule has 0 saturated heterocycles. The molecule has 21 heteroatoms. The first kappa shape index (κ1) is 60.1. The number of aromatic nitrogens is 2. The van der Waals surface area contributed by atoms with Crippen LogP contribution < -0.4 is 4.74 Å². The fourth-order valence-corrected chi connectivity index (χ4v) is 5.39. The highest BCUT2D eigenvalue weighted by molar-refractivity contribution is 14.1. The number of aromatic amines is 1. The lowest BCUT2D eigenvalue weighted by Gasteiger charge is -2.10. The van der Waals surface area contributed by atoms with Gasteiger partial charge in [-0.1, -0.05) is 42.5 Å². The molecule has 1 atom stereocenters. The average molecular weight is 1150 g/mol. The Morgan fingerprint density at radius 3 is 1.49 bits per heavy atom. The van der Waals surface area contributed by atoms with Crippen LogP contribution in [0.5, 0.6) is 5.75 Å². The number of esters is 1. The molecule has 1 unspecified atom stereocenters. The summed E-state index contributed by atoms with van der Waals surface area (Å²) in [5.41, 5.74) is 1.87. The van der Waals surface area contributed by atoms with E-state index in [9.17, 15) is 47.1 Å². The predicted octanol–water partition coefficient (Wildman–Crippen LogP) is 10.2. The van der Waals surface area contributed by atoms with Crippen LogP contribution in [0, 0.1) is 20.6 Å². The number of nitrogens with zero attached hydrogens (tertiary/aromatic N) is 1. The SMILES string of the molecule is C=CC(C)(C)C(=O)O.CC(=O)C(C(=O)O)c1ccc(F)cc1.CC(=O)Oc1ccc(-c2ccc(C(=O)O)cc2)cc1.O=C(O)c1cc(F)ccc1Br.O=C(O)c1ccc(I)cc1.O=C(O)c1ncc[nH]1. The highest BCUT2D eigenvalue weighted by Crippen LogP contribution is 2.23. The number of Topliss-reactive ketones (excluding diaryl/α,β-unsaturated/α-hetero) is 1. The van der Waals surface area contributed by atoms with Gasteiger partial charge in [-0.05, 0) is 155 Å². The van der Waals surface area contributed by atoms with Crippen LogP contribution in [0.4, 0.5) is 8.78 Å². The van der Waals surface area contributed by atoms with Crippen molar-refractivity contribution in [2.45, 2.75) is 33.6 Å². The number of carbonyl (C=O) groups excluding carboxylic acids is 2. The van der Waals surface area contributed by atoms with Gasteiger partial charge in [0.2, 0.25) is 5.82 Å². The fourth-order valence-electron chi connectivity index (χ4n) is 4.62. The number of halogens is 4. The van der Waals surface area contributed by atoms with Gasteiger partial charge >= 0.3 is 41.8 Å². The summed E-state index contributed by atoms with van der Waals surface area (Å²) in [7, 11) is 0. The number of benzene rings is 5. The van der Waals surface area contributed by atoms with Crippen LogP contribution in [0.25, 0.3) is 11.1 Å². The molecule has 0 aliphatic heterocycles. The van der Waals surface area contributed by atoms with E-state index in [-0.39, 0.29) is 22.9 Å². The number of carboxylic acids is 6. The third-order valence-corrected chi connectivity index (χ3v) is 9.86. The Morgan fingerprint density at radius 2 is 1.16 bits per heavy atom. The molecular weight excluding hydrogens is 1100 g/mol. The first-order valence-electron chi connectivity index (χ1n) is 19.6. The van der Waals surface area contributed by atoms with E-state index in [1.54, 1.807) is 74.5 Å². The van der Waals surface area contributed by atoms with E-state index in [1.165, 1.54) is 56.6 Å². The van der Waals surface area contributed by atoms with Crippen LogP contribution in [0.2, 0.25) is 0 Å². The summed E-state index contributed by atoms with van der Waals surface area (Å²) in [6, 6.07) is 28.7. The number of ketones is 1. The van der Waals surface area contributed by atoms with Crippen molar-refractivity contribution in [1.82, 2.24) is 9.97 Å². The number of aliphatic carboxylic acids is 2. The highest BCUT2D eigenvalue weighted by atomic mass is 127. The number of carboxylic acid groups (broad SMARTS) is 6. The molecule has 368 valence electrons. The van der Waals surface area contributed by atoms with Crippen LogP contribution in [-0.4, -0.2) is 88.2 Å². The van der Waals surface area contributed by atoms with Gasteiger partial charge < -0.3 is 40.4 Å². The maximum Gasteiger partial charge on any atom is 0.371 e. The maximum absolute atomic E-state index is 12.5. The van der Waals surface area contributed by atoms with Gasteiger partial charge in [0.1, 0.15) is 29.1 Å². The smallest absolute Gasteiger partial charge is 0.371 e. The molecule has 6 aromatic rings. The number of carbonyl (C=O) groups is 8. The Kier molecular flexibility index (Phi) is 25.5. The average Bonchev–Trinajstić information content (AvgIpc) is 3.85. The van der Waals surface area contributed by atoms with Gasteiger partial charge in [0, 0.05) is 27.4 Å². The lowest BCUT2D eigenvalue weighted by atomic mass is 9.95. The van der Waals surface area contributed by atoms with E-state index in [4.69, 9.17) is 35.4 Å². The molecule has 5 aromatic carbocycles. The first-order valence-corrected chi connectivity index (χ1v) is 21.5.